The van der Waals surface area contributed by atoms with Crippen LogP contribution in [0.3, 0.4) is 0 Å². The highest BCUT2D eigenvalue weighted by molar-refractivity contribution is 5.86. The molecule has 1 aromatic heterocycles. The highest BCUT2D eigenvalue weighted by atomic mass is 14.9. The molecule has 2 aromatic rings. The largest absolute Gasteiger partial charge is 0.358 e. The molecule has 96 valence electrons. The number of hydrogen-bond acceptors (Lipinski definition) is 1. The van der Waals surface area contributed by atoms with Crippen molar-refractivity contribution in [3.63, 3.8) is 0 Å². The van der Waals surface area contributed by atoms with Gasteiger partial charge in [-0.2, -0.15) is 0 Å². The first-order chi connectivity index (χ1) is 8.47. The highest BCUT2D eigenvalue weighted by Gasteiger charge is 2.22. The summed E-state index contributed by atoms with van der Waals surface area (Å²) in [5.41, 5.74) is 5.80. The van der Waals surface area contributed by atoms with E-state index in [4.69, 9.17) is 0 Å². The molecule has 3 rings (SSSR count). The van der Waals surface area contributed by atoms with E-state index in [1.54, 1.807) is 0 Å². The molecule has 1 atom stereocenters. The van der Waals surface area contributed by atoms with Crippen LogP contribution in [0.2, 0.25) is 0 Å². The molecule has 1 aliphatic rings. The minimum atomic E-state index is 0.214. The molecule has 0 saturated heterocycles. The van der Waals surface area contributed by atoms with Gasteiger partial charge in [0.1, 0.15) is 0 Å². The maximum atomic E-state index is 3.60. The fourth-order valence-corrected chi connectivity index (χ4v) is 2.86. The van der Waals surface area contributed by atoms with Gasteiger partial charge in [-0.25, -0.2) is 0 Å². The Balaban J connectivity index is 2.22. The second kappa shape index (κ2) is 3.86. The van der Waals surface area contributed by atoms with Gasteiger partial charge in [0.15, 0.2) is 0 Å². The predicted molar refractivity (Wildman–Crippen MR) is 77.1 cm³/mol. The van der Waals surface area contributed by atoms with Crippen LogP contribution in [-0.2, 0) is 12.0 Å². The molecule has 1 unspecified atom stereocenters. The number of H-pyrrole nitrogens is 1. The summed E-state index contributed by atoms with van der Waals surface area (Å²) in [5.74, 6) is 0.583. The minimum Gasteiger partial charge on any atom is -0.358 e. The molecule has 0 fully saturated rings. The summed E-state index contributed by atoms with van der Waals surface area (Å²) < 4.78 is 0. The van der Waals surface area contributed by atoms with Gasteiger partial charge in [-0.3, -0.25) is 0 Å². The number of aromatic amines is 1. The maximum absolute atomic E-state index is 3.60. The Hall–Kier alpha value is -1.28. The summed E-state index contributed by atoms with van der Waals surface area (Å²) in [5, 5.41) is 4.91. The normalized spacial score (nSPS) is 20.1. The molecule has 2 nitrogen and oxygen atoms in total. The number of fused-ring (bicyclic) bond motifs is 3. The zero-order valence-corrected chi connectivity index (χ0v) is 11.7. The van der Waals surface area contributed by atoms with Crippen molar-refractivity contribution < 1.29 is 0 Å². The summed E-state index contributed by atoms with van der Waals surface area (Å²) >= 11 is 0. The number of nitrogens with one attached hydrogen (secondary N) is 2. The van der Waals surface area contributed by atoms with Crippen molar-refractivity contribution in [2.45, 2.75) is 45.6 Å². The van der Waals surface area contributed by atoms with Crippen molar-refractivity contribution in [2.75, 3.05) is 6.54 Å². The molecular formula is C16H22N2. The smallest absolute Gasteiger partial charge is 0.0459 e. The topological polar surface area (TPSA) is 27.8 Å². The Morgan fingerprint density at radius 2 is 2.00 bits per heavy atom. The van der Waals surface area contributed by atoms with Crippen LogP contribution in [0, 0.1) is 0 Å². The Kier molecular flexibility index (Phi) is 2.53. The Bertz CT molecular complexity index is 587. The van der Waals surface area contributed by atoms with Crippen molar-refractivity contribution >= 4 is 10.9 Å². The van der Waals surface area contributed by atoms with Crippen molar-refractivity contribution in [2.24, 2.45) is 0 Å². The van der Waals surface area contributed by atoms with Gasteiger partial charge >= 0.3 is 0 Å². The van der Waals surface area contributed by atoms with Crippen LogP contribution in [0.25, 0.3) is 10.9 Å². The zero-order chi connectivity index (χ0) is 12.9. The lowest BCUT2D eigenvalue weighted by atomic mass is 9.86. The van der Waals surface area contributed by atoms with Gasteiger partial charge < -0.3 is 10.3 Å². The molecule has 2 heterocycles. The van der Waals surface area contributed by atoms with Crippen LogP contribution in [0.1, 0.15) is 50.4 Å². The van der Waals surface area contributed by atoms with E-state index < -0.39 is 0 Å². The van der Waals surface area contributed by atoms with Gasteiger partial charge in [-0.15, -0.1) is 0 Å². The molecule has 0 bridgehead atoms. The van der Waals surface area contributed by atoms with Gasteiger partial charge in [0, 0.05) is 35.6 Å². The molecule has 0 amide bonds. The second-order valence-corrected chi connectivity index (χ2v) is 6.56. The first kappa shape index (κ1) is 11.8. The first-order valence-electron chi connectivity index (χ1n) is 6.82. The lowest BCUT2D eigenvalue weighted by molar-refractivity contribution is 0.565. The molecule has 1 aliphatic heterocycles. The average Bonchev–Trinajstić information content (AvgIpc) is 2.67. The average molecular weight is 242 g/mol. The van der Waals surface area contributed by atoms with Gasteiger partial charge in [0.25, 0.3) is 0 Å². The summed E-state index contributed by atoms with van der Waals surface area (Å²) in [7, 11) is 0. The third-order valence-electron chi connectivity index (χ3n) is 4.05. The molecule has 0 radical (unpaired) electrons. The molecule has 0 aliphatic carbocycles. The van der Waals surface area contributed by atoms with Crippen LogP contribution < -0.4 is 5.32 Å². The molecule has 0 saturated carbocycles. The van der Waals surface area contributed by atoms with E-state index in [0.717, 1.165) is 13.1 Å². The third-order valence-corrected chi connectivity index (χ3v) is 4.05. The lowest BCUT2D eigenvalue weighted by Gasteiger charge is -2.21. The third kappa shape index (κ3) is 1.76. The molecule has 2 N–H and O–H groups in total. The highest BCUT2D eigenvalue weighted by Crippen LogP contribution is 2.33. The molecular weight excluding hydrogens is 220 g/mol. The summed E-state index contributed by atoms with van der Waals surface area (Å²) in [6.07, 6.45) is 0. The predicted octanol–water partition coefficient (Wildman–Crippen LogP) is 3.67. The van der Waals surface area contributed by atoms with Gasteiger partial charge in [-0.1, -0.05) is 33.8 Å². The van der Waals surface area contributed by atoms with Crippen molar-refractivity contribution in [3.05, 3.63) is 35.0 Å². The first-order valence-corrected chi connectivity index (χ1v) is 6.82. The number of rotatable bonds is 0. The van der Waals surface area contributed by atoms with Crippen LogP contribution in [-0.4, -0.2) is 11.5 Å². The van der Waals surface area contributed by atoms with E-state index in [9.17, 15) is 0 Å². The van der Waals surface area contributed by atoms with E-state index in [2.05, 4.69) is 56.2 Å². The molecule has 0 spiro atoms. The van der Waals surface area contributed by atoms with Crippen molar-refractivity contribution in [1.82, 2.24) is 10.3 Å². The zero-order valence-electron chi connectivity index (χ0n) is 11.7. The Morgan fingerprint density at radius 3 is 2.72 bits per heavy atom. The standard InChI is InChI=1S/C16H22N2/c1-10-8-17-9-13-12-7-11(16(2,3)4)5-6-14(12)18-15(10)13/h5-7,10,17-18H,8-9H2,1-4H3. The number of aromatic nitrogens is 1. The van der Waals surface area contributed by atoms with E-state index in [-0.39, 0.29) is 5.41 Å². The quantitative estimate of drug-likeness (QED) is 0.724. The molecule has 2 heteroatoms. The monoisotopic (exact) mass is 242 g/mol. The Labute approximate surface area is 109 Å². The van der Waals surface area contributed by atoms with E-state index in [1.165, 1.54) is 27.7 Å². The minimum absolute atomic E-state index is 0.214. The van der Waals surface area contributed by atoms with Crippen LogP contribution >= 0.6 is 0 Å². The van der Waals surface area contributed by atoms with Crippen LogP contribution in [0.4, 0.5) is 0 Å². The van der Waals surface area contributed by atoms with Gasteiger partial charge in [0.05, 0.1) is 0 Å². The SMILES string of the molecule is CC1CNCc2c1[nH]c1ccc(C(C)(C)C)cc21. The van der Waals surface area contributed by atoms with Crippen LogP contribution in [0.5, 0.6) is 0 Å². The lowest BCUT2D eigenvalue weighted by Crippen LogP contribution is -2.26. The van der Waals surface area contributed by atoms with Crippen LogP contribution in [0.15, 0.2) is 18.2 Å². The molecule has 1 aromatic carbocycles. The van der Waals surface area contributed by atoms with Crippen molar-refractivity contribution in [1.29, 1.82) is 0 Å². The Morgan fingerprint density at radius 1 is 1.22 bits per heavy atom. The second-order valence-electron chi connectivity index (χ2n) is 6.56. The van der Waals surface area contributed by atoms with E-state index in [1.807, 2.05) is 0 Å². The van der Waals surface area contributed by atoms with Crippen molar-refractivity contribution in [3.8, 4) is 0 Å². The number of hydrogen-bond donors (Lipinski definition) is 2. The van der Waals surface area contributed by atoms with E-state index in [0.29, 0.717) is 5.92 Å². The summed E-state index contributed by atoms with van der Waals surface area (Å²) in [6, 6.07) is 6.85. The fourth-order valence-electron chi connectivity index (χ4n) is 2.86. The fraction of sp³-hybridized carbons (Fsp3) is 0.500. The maximum Gasteiger partial charge on any atom is 0.0459 e. The summed E-state index contributed by atoms with van der Waals surface area (Å²) in [6.45, 7) is 11.2. The van der Waals surface area contributed by atoms with E-state index >= 15 is 0 Å². The van der Waals surface area contributed by atoms with Gasteiger partial charge in [0.2, 0.25) is 0 Å². The molecule has 18 heavy (non-hydrogen) atoms. The van der Waals surface area contributed by atoms with Gasteiger partial charge in [-0.05, 0) is 28.7 Å². The number of benzene rings is 1. The summed E-state index contributed by atoms with van der Waals surface area (Å²) in [4.78, 5) is 3.60.